The van der Waals surface area contributed by atoms with Crippen molar-refractivity contribution in [2.45, 2.75) is 26.4 Å². The standard InChI is InChI=1S/C25H26N4O/c1-2-14-27-25(30)21-7-5-6-20(15-21)17-26-16-19-10-12-22(13-11-19)29-18-28-23-8-3-4-9-24(23)29/h3-13,15,18,26H,2,14,16-17H2,1H3,(H,27,30). The number of rotatable bonds is 8. The highest BCUT2D eigenvalue weighted by Gasteiger charge is 2.06. The summed E-state index contributed by atoms with van der Waals surface area (Å²) in [4.78, 5) is 16.6. The molecule has 4 rings (SSSR count). The smallest absolute Gasteiger partial charge is 0.251 e. The van der Waals surface area contributed by atoms with Gasteiger partial charge in [-0.25, -0.2) is 4.98 Å². The number of fused-ring (bicyclic) bond motifs is 1. The molecular weight excluding hydrogens is 372 g/mol. The van der Waals surface area contributed by atoms with Crippen molar-refractivity contribution in [3.05, 3.63) is 95.8 Å². The molecule has 5 nitrogen and oxygen atoms in total. The lowest BCUT2D eigenvalue weighted by molar-refractivity contribution is 0.0953. The summed E-state index contributed by atoms with van der Waals surface area (Å²) in [5, 5.41) is 6.38. The van der Waals surface area contributed by atoms with E-state index in [-0.39, 0.29) is 5.91 Å². The third-order valence-electron chi connectivity index (χ3n) is 5.05. The zero-order valence-corrected chi connectivity index (χ0v) is 17.1. The summed E-state index contributed by atoms with van der Waals surface area (Å²) in [6.45, 7) is 4.22. The maximum atomic E-state index is 12.1. The van der Waals surface area contributed by atoms with Crippen molar-refractivity contribution in [1.29, 1.82) is 0 Å². The van der Waals surface area contributed by atoms with E-state index in [9.17, 15) is 4.79 Å². The molecule has 152 valence electrons. The molecule has 0 aliphatic heterocycles. The lowest BCUT2D eigenvalue weighted by Gasteiger charge is -2.09. The number of para-hydroxylation sites is 2. The van der Waals surface area contributed by atoms with Gasteiger partial charge >= 0.3 is 0 Å². The predicted molar refractivity (Wildman–Crippen MR) is 121 cm³/mol. The van der Waals surface area contributed by atoms with Crippen LogP contribution in [0.5, 0.6) is 0 Å². The van der Waals surface area contributed by atoms with Crippen LogP contribution in [0.2, 0.25) is 0 Å². The maximum Gasteiger partial charge on any atom is 0.251 e. The molecule has 5 heteroatoms. The molecule has 0 unspecified atom stereocenters. The average molecular weight is 399 g/mol. The van der Waals surface area contributed by atoms with Crippen LogP contribution in [0.1, 0.15) is 34.8 Å². The molecule has 0 bridgehead atoms. The number of carbonyl (C=O) groups is 1. The Morgan fingerprint density at radius 2 is 1.73 bits per heavy atom. The second-order valence-electron chi connectivity index (χ2n) is 7.33. The molecule has 0 atom stereocenters. The molecule has 2 N–H and O–H groups in total. The summed E-state index contributed by atoms with van der Waals surface area (Å²) in [5.74, 6) is -0.0127. The molecule has 1 aromatic heterocycles. The minimum Gasteiger partial charge on any atom is -0.352 e. The molecule has 30 heavy (non-hydrogen) atoms. The number of amides is 1. The molecule has 0 spiro atoms. The minimum atomic E-state index is -0.0127. The normalized spacial score (nSPS) is 11.0. The molecule has 1 amide bonds. The highest BCUT2D eigenvalue weighted by molar-refractivity contribution is 5.94. The van der Waals surface area contributed by atoms with Gasteiger partial charge in [0.05, 0.1) is 11.0 Å². The number of nitrogens with one attached hydrogen (secondary N) is 2. The van der Waals surface area contributed by atoms with Gasteiger partial charge in [0.1, 0.15) is 6.33 Å². The van der Waals surface area contributed by atoms with Gasteiger partial charge in [-0.05, 0) is 53.9 Å². The average Bonchev–Trinajstić information content (AvgIpc) is 3.22. The predicted octanol–water partition coefficient (Wildman–Crippen LogP) is 4.46. The van der Waals surface area contributed by atoms with Crippen LogP contribution in [-0.4, -0.2) is 22.0 Å². The van der Waals surface area contributed by atoms with E-state index in [0.717, 1.165) is 35.2 Å². The number of hydrogen-bond donors (Lipinski definition) is 2. The van der Waals surface area contributed by atoms with E-state index in [0.29, 0.717) is 18.7 Å². The summed E-state index contributed by atoms with van der Waals surface area (Å²) < 4.78 is 2.10. The van der Waals surface area contributed by atoms with E-state index in [2.05, 4.69) is 50.5 Å². The summed E-state index contributed by atoms with van der Waals surface area (Å²) in [6, 6.07) is 24.4. The van der Waals surface area contributed by atoms with Gasteiger partial charge in [-0.3, -0.25) is 9.36 Å². The van der Waals surface area contributed by atoms with Gasteiger partial charge in [0.2, 0.25) is 0 Å². The Kier molecular flexibility index (Phi) is 6.20. The molecule has 0 aliphatic carbocycles. The molecule has 0 radical (unpaired) electrons. The number of nitrogens with zero attached hydrogens (tertiary/aromatic N) is 2. The van der Waals surface area contributed by atoms with Gasteiger partial charge in [0.25, 0.3) is 5.91 Å². The monoisotopic (exact) mass is 398 g/mol. The van der Waals surface area contributed by atoms with Gasteiger partial charge in [-0.1, -0.05) is 43.3 Å². The van der Waals surface area contributed by atoms with E-state index in [4.69, 9.17) is 0 Å². The topological polar surface area (TPSA) is 59.0 Å². The number of imidazole rings is 1. The molecule has 0 fully saturated rings. The van der Waals surface area contributed by atoms with Crippen LogP contribution >= 0.6 is 0 Å². The molecule has 3 aromatic carbocycles. The zero-order valence-electron chi connectivity index (χ0n) is 17.1. The summed E-state index contributed by atoms with van der Waals surface area (Å²) in [5.41, 5.74) is 6.21. The second-order valence-corrected chi connectivity index (χ2v) is 7.33. The van der Waals surface area contributed by atoms with Gasteiger partial charge in [-0.2, -0.15) is 0 Å². The van der Waals surface area contributed by atoms with Gasteiger partial charge in [0.15, 0.2) is 0 Å². The van der Waals surface area contributed by atoms with Gasteiger partial charge in [0, 0.05) is 30.9 Å². The Morgan fingerprint density at radius 3 is 2.57 bits per heavy atom. The van der Waals surface area contributed by atoms with Gasteiger partial charge < -0.3 is 10.6 Å². The lowest BCUT2D eigenvalue weighted by atomic mass is 10.1. The first-order valence-corrected chi connectivity index (χ1v) is 10.3. The van der Waals surface area contributed by atoms with Crippen molar-refractivity contribution in [2.24, 2.45) is 0 Å². The number of benzene rings is 3. The quantitative estimate of drug-likeness (QED) is 0.461. The van der Waals surface area contributed by atoms with Crippen LogP contribution in [0.15, 0.2) is 79.1 Å². The van der Waals surface area contributed by atoms with Crippen LogP contribution in [0.4, 0.5) is 0 Å². The molecular formula is C25H26N4O. The molecule has 0 aliphatic rings. The van der Waals surface area contributed by atoms with Crippen LogP contribution in [-0.2, 0) is 13.1 Å². The van der Waals surface area contributed by atoms with E-state index in [1.165, 1.54) is 5.56 Å². The fourth-order valence-corrected chi connectivity index (χ4v) is 3.45. The van der Waals surface area contributed by atoms with Crippen molar-refractivity contribution >= 4 is 16.9 Å². The van der Waals surface area contributed by atoms with E-state index >= 15 is 0 Å². The van der Waals surface area contributed by atoms with Crippen LogP contribution in [0.25, 0.3) is 16.7 Å². The minimum absolute atomic E-state index is 0.0127. The summed E-state index contributed by atoms with van der Waals surface area (Å²) in [6.07, 6.45) is 2.80. The third-order valence-corrected chi connectivity index (χ3v) is 5.05. The van der Waals surface area contributed by atoms with Crippen molar-refractivity contribution in [1.82, 2.24) is 20.2 Å². The van der Waals surface area contributed by atoms with Crippen LogP contribution in [0, 0.1) is 0 Å². The lowest BCUT2D eigenvalue weighted by Crippen LogP contribution is -2.24. The van der Waals surface area contributed by atoms with Crippen molar-refractivity contribution in [3.63, 3.8) is 0 Å². The summed E-state index contributed by atoms with van der Waals surface area (Å²) >= 11 is 0. The molecule has 0 saturated carbocycles. The Balaban J connectivity index is 1.35. The first-order valence-electron chi connectivity index (χ1n) is 10.3. The Morgan fingerprint density at radius 1 is 0.933 bits per heavy atom. The fourth-order valence-electron chi connectivity index (χ4n) is 3.45. The zero-order chi connectivity index (χ0) is 20.8. The van der Waals surface area contributed by atoms with E-state index < -0.39 is 0 Å². The summed E-state index contributed by atoms with van der Waals surface area (Å²) in [7, 11) is 0. The fraction of sp³-hybridized carbons (Fsp3) is 0.200. The Bertz CT molecular complexity index is 1130. The van der Waals surface area contributed by atoms with Crippen LogP contribution in [0.3, 0.4) is 0 Å². The maximum absolute atomic E-state index is 12.1. The Labute approximate surface area is 176 Å². The van der Waals surface area contributed by atoms with Crippen molar-refractivity contribution < 1.29 is 4.79 Å². The molecule has 1 heterocycles. The van der Waals surface area contributed by atoms with Gasteiger partial charge in [-0.15, -0.1) is 0 Å². The number of aromatic nitrogens is 2. The van der Waals surface area contributed by atoms with Crippen LogP contribution < -0.4 is 10.6 Å². The highest BCUT2D eigenvalue weighted by Crippen LogP contribution is 2.18. The largest absolute Gasteiger partial charge is 0.352 e. The molecule has 0 saturated heterocycles. The van der Waals surface area contributed by atoms with Crippen molar-refractivity contribution in [2.75, 3.05) is 6.54 Å². The first-order chi connectivity index (χ1) is 14.7. The Hall–Kier alpha value is -3.44. The molecule has 4 aromatic rings. The van der Waals surface area contributed by atoms with Crippen molar-refractivity contribution in [3.8, 4) is 5.69 Å². The number of carbonyl (C=O) groups excluding carboxylic acids is 1. The highest BCUT2D eigenvalue weighted by atomic mass is 16.1. The van der Waals surface area contributed by atoms with E-state index in [1.54, 1.807) is 0 Å². The third kappa shape index (κ3) is 4.58. The second kappa shape index (κ2) is 9.37. The number of hydrogen-bond acceptors (Lipinski definition) is 3. The first kappa shape index (κ1) is 19.9. The SMILES string of the molecule is CCCNC(=O)c1cccc(CNCc2ccc(-n3cnc4ccccc43)cc2)c1. The van der Waals surface area contributed by atoms with E-state index in [1.807, 2.05) is 55.7 Å².